The molecule has 0 aliphatic heterocycles. The SMILES string of the molecule is C=C(C)COCCNCc1cnn(C)c1C. The van der Waals surface area contributed by atoms with Crippen LogP contribution in [-0.4, -0.2) is 29.5 Å². The fourth-order valence-electron chi connectivity index (χ4n) is 1.33. The van der Waals surface area contributed by atoms with Gasteiger partial charge >= 0.3 is 0 Å². The first-order valence-electron chi connectivity index (χ1n) is 5.51. The summed E-state index contributed by atoms with van der Waals surface area (Å²) < 4.78 is 7.27. The third-order valence-corrected chi connectivity index (χ3v) is 2.42. The van der Waals surface area contributed by atoms with Gasteiger partial charge in [0, 0.05) is 31.4 Å². The average Bonchev–Trinajstić information content (AvgIpc) is 2.54. The van der Waals surface area contributed by atoms with Crippen LogP contribution in [0.3, 0.4) is 0 Å². The smallest absolute Gasteiger partial charge is 0.0672 e. The van der Waals surface area contributed by atoms with Crippen LogP contribution in [0.4, 0.5) is 0 Å². The molecule has 90 valence electrons. The van der Waals surface area contributed by atoms with Gasteiger partial charge in [0.1, 0.15) is 0 Å². The Morgan fingerprint density at radius 1 is 1.62 bits per heavy atom. The molecule has 1 aromatic heterocycles. The normalized spacial score (nSPS) is 10.7. The zero-order valence-corrected chi connectivity index (χ0v) is 10.4. The Bertz CT molecular complexity index is 344. The van der Waals surface area contributed by atoms with Crippen molar-refractivity contribution >= 4 is 0 Å². The first-order chi connectivity index (χ1) is 7.61. The minimum Gasteiger partial charge on any atom is -0.376 e. The third-order valence-electron chi connectivity index (χ3n) is 2.42. The predicted molar refractivity (Wildman–Crippen MR) is 65.3 cm³/mol. The number of aryl methyl sites for hydroxylation is 1. The van der Waals surface area contributed by atoms with E-state index in [-0.39, 0.29) is 0 Å². The second-order valence-corrected chi connectivity index (χ2v) is 4.07. The van der Waals surface area contributed by atoms with E-state index in [0.29, 0.717) is 13.2 Å². The van der Waals surface area contributed by atoms with Gasteiger partial charge in [0.05, 0.1) is 19.4 Å². The Hall–Kier alpha value is -1.13. The monoisotopic (exact) mass is 223 g/mol. The van der Waals surface area contributed by atoms with Crippen LogP contribution in [-0.2, 0) is 18.3 Å². The molecule has 1 N–H and O–H groups in total. The molecule has 0 amide bonds. The van der Waals surface area contributed by atoms with Gasteiger partial charge in [0.25, 0.3) is 0 Å². The molecule has 0 radical (unpaired) electrons. The van der Waals surface area contributed by atoms with E-state index in [0.717, 1.165) is 18.7 Å². The van der Waals surface area contributed by atoms with E-state index in [1.54, 1.807) is 0 Å². The van der Waals surface area contributed by atoms with Crippen molar-refractivity contribution in [2.75, 3.05) is 19.8 Å². The highest BCUT2D eigenvalue weighted by Gasteiger charge is 2.01. The van der Waals surface area contributed by atoms with Gasteiger partial charge in [0.2, 0.25) is 0 Å². The molecule has 4 nitrogen and oxygen atoms in total. The molecule has 0 saturated carbocycles. The Balaban J connectivity index is 2.12. The Kier molecular flexibility index (Phi) is 5.22. The van der Waals surface area contributed by atoms with Gasteiger partial charge in [-0.05, 0) is 13.8 Å². The highest BCUT2D eigenvalue weighted by Crippen LogP contribution is 2.04. The highest BCUT2D eigenvalue weighted by molar-refractivity contribution is 5.15. The van der Waals surface area contributed by atoms with Crippen molar-refractivity contribution in [3.8, 4) is 0 Å². The van der Waals surface area contributed by atoms with Crippen LogP contribution in [0.5, 0.6) is 0 Å². The molecule has 1 rings (SSSR count). The molecule has 4 heteroatoms. The van der Waals surface area contributed by atoms with Crippen LogP contribution in [0.25, 0.3) is 0 Å². The van der Waals surface area contributed by atoms with E-state index in [1.165, 1.54) is 11.3 Å². The molecule has 0 spiro atoms. The summed E-state index contributed by atoms with van der Waals surface area (Å²) in [6, 6.07) is 0. The number of nitrogens with one attached hydrogen (secondary N) is 1. The topological polar surface area (TPSA) is 39.1 Å². The molecular weight excluding hydrogens is 202 g/mol. The molecule has 0 saturated heterocycles. The second-order valence-electron chi connectivity index (χ2n) is 4.07. The lowest BCUT2D eigenvalue weighted by atomic mass is 10.2. The van der Waals surface area contributed by atoms with Crippen LogP contribution < -0.4 is 5.32 Å². The maximum atomic E-state index is 5.39. The van der Waals surface area contributed by atoms with Gasteiger partial charge in [-0.2, -0.15) is 5.10 Å². The van der Waals surface area contributed by atoms with E-state index in [9.17, 15) is 0 Å². The predicted octanol–water partition coefficient (Wildman–Crippen LogP) is 1.41. The molecule has 0 aromatic carbocycles. The Labute approximate surface area is 97.3 Å². The van der Waals surface area contributed by atoms with Gasteiger partial charge in [-0.1, -0.05) is 12.2 Å². The summed E-state index contributed by atoms with van der Waals surface area (Å²) in [7, 11) is 1.95. The zero-order valence-electron chi connectivity index (χ0n) is 10.4. The van der Waals surface area contributed by atoms with Crippen LogP contribution in [0.2, 0.25) is 0 Å². The quantitative estimate of drug-likeness (QED) is 0.561. The minimum atomic E-state index is 0.646. The van der Waals surface area contributed by atoms with Crippen LogP contribution in [0, 0.1) is 6.92 Å². The van der Waals surface area contributed by atoms with Crippen molar-refractivity contribution in [3.63, 3.8) is 0 Å². The zero-order chi connectivity index (χ0) is 12.0. The summed E-state index contributed by atoms with van der Waals surface area (Å²) in [4.78, 5) is 0. The van der Waals surface area contributed by atoms with Crippen LogP contribution in [0.15, 0.2) is 18.3 Å². The number of rotatable bonds is 7. The number of hydrogen-bond donors (Lipinski definition) is 1. The molecular formula is C12H21N3O. The Morgan fingerprint density at radius 3 is 2.94 bits per heavy atom. The molecule has 1 aromatic rings. The Morgan fingerprint density at radius 2 is 2.38 bits per heavy atom. The molecule has 0 atom stereocenters. The van der Waals surface area contributed by atoms with Crippen molar-refractivity contribution in [2.24, 2.45) is 7.05 Å². The number of aromatic nitrogens is 2. The first-order valence-corrected chi connectivity index (χ1v) is 5.51. The maximum Gasteiger partial charge on any atom is 0.0672 e. The fourth-order valence-corrected chi connectivity index (χ4v) is 1.33. The lowest BCUT2D eigenvalue weighted by Crippen LogP contribution is -2.19. The summed E-state index contributed by atoms with van der Waals surface area (Å²) in [6.45, 7) is 10.9. The van der Waals surface area contributed by atoms with Crippen molar-refractivity contribution in [1.82, 2.24) is 15.1 Å². The standard InChI is InChI=1S/C12H21N3O/c1-10(2)9-16-6-5-13-7-12-8-14-15(4)11(12)3/h8,13H,1,5-7,9H2,2-4H3. The van der Waals surface area contributed by atoms with E-state index in [4.69, 9.17) is 4.74 Å². The van der Waals surface area contributed by atoms with Gasteiger partial charge in [0.15, 0.2) is 0 Å². The lowest BCUT2D eigenvalue weighted by Gasteiger charge is -2.05. The summed E-state index contributed by atoms with van der Waals surface area (Å²) in [5.74, 6) is 0. The van der Waals surface area contributed by atoms with Crippen molar-refractivity contribution in [3.05, 3.63) is 29.6 Å². The average molecular weight is 223 g/mol. The molecule has 0 fully saturated rings. The van der Waals surface area contributed by atoms with Gasteiger partial charge in [-0.3, -0.25) is 4.68 Å². The van der Waals surface area contributed by atoms with Gasteiger partial charge in [-0.25, -0.2) is 0 Å². The van der Waals surface area contributed by atoms with Crippen molar-refractivity contribution in [2.45, 2.75) is 20.4 Å². The van der Waals surface area contributed by atoms with Crippen LogP contribution >= 0.6 is 0 Å². The lowest BCUT2D eigenvalue weighted by molar-refractivity contribution is 0.157. The van der Waals surface area contributed by atoms with Gasteiger partial charge in [-0.15, -0.1) is 0 Å². The molecule has 0 bridgehead atoms. The fraction of sp³-hybridized carbons (Fsp3) is 0.583. The van der Waals surface area contributed by atoms with E-state index >= 15 is 0 Å². The third kappa shape index (κ3) is 4.16. The summed E-state index contributed by atoms with van der Waals surface area (Å²) in [6.07, 6.45) is 1.90. The number of nitrogens with zero attached hydrogens (tertiary/aromatic N) is 2. The molecule has 0 unspecified atom stereocenters. The first kappa shape index (κ1) is 12.9. The summed E-state index contributed by atoms with van der Waals surface area (Å²) in [5, 5.41) is 7.51. The van der Waals surface area contributed by atoms with Gasteiger partial charge < -0.3 is 10.1 Å². The summed E-state index contributed by atoms with van der Waals surface area (Å²) in [5.41, 5.74) is 3.50. The largest absolute Gasteiger partial charge is 0.376 e. The molecule has 16 heavy (non-hydrogen) atoms. The van der Waals surface area contributed by atoms with E-state index in [2.05, 4.69) is 23.9 Å². The number of ether oxygens (including phenoxy) is 1. The highest BCUT2D eigenvalue weighted by atomic mass is 16.5. The van der Waals surface area contributed by atoms with Crippen molar-refractivity contribution in [1.29, 1.82) is 0 Å². The van der Waals surface area contributed by atoms with Crippen LogP contribution in [0.1, 0.15) is 18.2 Å². The second kappa shape index (κ2) is 6.45. The van der Waals surface area contributed by atoms with Crippen molar-refractivity contribution < 1.29 is 4.74 Å². The summed E-state index contributed by atoms with van der Waals surface area (Å²) >= 11 is 0. The molecule has 0 aliphatic carbocycles. The molecule has 0 aliphatic rings. The van der Waals surface area contributed by atoms with E-state index < -0.39 is 0 Å². The minimum absolute atomic E-state index is 0.646. The van der Waals surface area contributed by atoms with E-state index in [1.807, 2.05) is 24.9 Å². The molecule has 1 heterocycles. The maximum absolute atomic E-state index is 5.39. The number of hydrogen-bond acceptors (Lipinski definition) is 3.